The Morgan fingerprint density at radius 3 is 2.58 bits per heavy atom. The summed E-state index contributed by atoms with van der Waals surface area (Å²) < 4.78 is 10.7. The summed E-state index contributed by atoms with van der Waals surface area (Å²) in [6.07, 6.45) is -0.513. The summed E-state index contributed by atoms with van der Waals surface area (Å²) in [7, 11) is 4.12. The molecule has 1 saturated heterocycles. The lowest BCUT2D eigenvalue weighted by Gasteiger charge is -2.22. The van der Waals surface area contributed by atoms with Crippen molar-refractivity contribution in [3.05, 3.63) is 59.7 Å². The molecule has 0 unspecified atom stereocenters. The summed E-state index contributed by atoms with van der Waals surface area (Å²) in [5, 5.41) is 2.97. The van der Waals surface area contributed by atoms with Crippen LogP contribution in [0.2, 0.25) is 0 Å². The van der Waals surface area contributed by atoms with Gasteiger partial charge >= 0.3 is 0 Å². The molecule has 5 heteroatoms. The zero-order valence-electron chi connectivity index (χ0n) is 15.4. The minimum Gasteiger partial charge on any atom is -0.376 e. The van der Waals surface area contributed by atoms with Gasteiger partial charge in [-0.2, -0.15) is 0 Å². The van der Waals surface area contributed by atoms with E-state index in [1.165, 1.54) is 5.56 Å². The van der Waals surface area contributed by atoms with Gasteiger partial charge in [-0.15, -0.1) is 0 Å². The number of benzene rings is 2. The first kappa shape index (κ1) is 18.6. The Bertz CT molecular complexity index is 722. The number of hydrogen-bond donors (Lipinski definition) is 1. The van der Waals surface area contributed by atoms with Gasteiger partial charge in [-0.1, -0.05) is 48.5 Å². The molecule has 1 fully saturated rings. The molecule has 0 spiro atoms. The maximum atomic E-state index is 12.2. The van der Waals surface area contributed by atoms with Gasteiger partial charge in [0.05, 0.1) is 19.8 Å². The molecule has 1 aliphatic heterocycles. The van der Waals surface area contributed by atoms with Crippen LogP contribution in [-0.2, 0) is 27.4 Å². The molecule has 0 radical (unpaired) electrons. The predicted octanol–water partition coefficient (Wildman–Crippen LogP) is 2.45. The second kappa shape index (κ2) is 8.94. The maximum Gasteiger partial charge on any atom is 0.251 e. The van der Waals surface area contributed by atoms with Crippen LogP contribution in [0.5, 0.6) is 0 Å². The van der Waals surface area contributed by atoms with Crippen molar-refractivity contribution < 1.29 is 14.3 Å². The molecule has 2 aromatic rings. The quantitative estimate of drug-likeness (QED) is 0.866. The number of carbonyl (C=O) groups excluding carboxylic acids is 1. The molecule has 0 aromatic heterocycles. The second-order valence-electron chi connectivity index (χ2n) is 6.74. The van der Waals surface area contributed by atoms with Gasteiger partial charge in [-0.25, -0.2) is 0 Å². The number of carbonyl (C=O) groups is 1. The highest BCUT2D eigenvalue weighted by Crippen LogP contribution is 2.24. The molecular weight excluding hydrogens is 328 g/mol. The molecule has 0 saturated carbocycles. The summed E-state index contributed by atoms with van der Waals surface area (Å²) in [4.78, 5) is 14.4. The molecule has 138 valence electrons. The predicted molar refractivity (Wildman–Crippen MR) is 102 cm³/mol. The van der Waals surface area contributed by atoms with Gasteiger partial charge < -0.3 is 19.7 Å². The van der Waals surface area contributed by atoms with E-state index in [-0.39, 0.29) is 5.91 Å². The van der Waals surface area contributed by atoms with E-state index in [9.17, 15) is 4.79 Å². The standard InChI is InChI=1S/C21H26N2O3/c1-23(2)14-16-7-9-17(10-8-16)19-6-4-3-5-18(19)13-22-21(24)20-15-25-11-12-26-20/h3-10,20H,11-15H2,1-2H3,(H,22,24)/t20-/m0/s1. The van der Waals surface area contributed by atoms with Crippen molar-refractivity contribution in [2.24, 2.45) is 0 Å². The Morgan fingerprint density at radius 1 is 1.12 bits per heavy atom. The lowest BCUT2D eigenvalue weighted by molar-refractivity contribution is -0.147. The third-order valence-electron chi connectivity index (χ3n) is 4.34. The highest BCUT2D eigenvalue weighted by molar-refractivity contribution is 5.81. The maximum absolute atomic E-state index is 12.2. The topological polar surface area (TPSA) is 50.8 Å². The highest BCUT2D eigenvalue weighted by Gasteiger charge is 2.22. The molecule has 1 amide bonds. The molecule has 2 aromatic carbocycles. The normalized spacial score (nSPS) is 17.3. The summed E-state index contributed by atoms with van der Waals surface area (Å²) >= 11 is 0. The van der Waals surface area contributed by atoms with E-state index in [1.54, 1.807) is 0 Å². The Hall–Kier alpha value is -2.21. The average Bonchev–Trinajstić information content (AvgIpc) is 2.67. The molecule has 1 aliphatic rings. The Labute approximate surface area is 154 Å². The lowest BCUT2D eigenvalue weighted by Crippen LogP contribution is -2.42. The van der Waals surface area contributed by atoms with Gasteiger partial charge in [0.15, 0.2) is 6.10 Å². The van der Waals surface area contributed by atoms with Crippen LogP contribution >= 0.6 is 0 Å². The van der Waals surface area contributed by atoms with E-state index >= 15 is 0 Å². The fourth-order valence-electron chi connectivity index (χ4n) is 3.05. The molecular formula is C21H26N2O3. The molecule has 3 rings (SSSR count). The van der Waals surface area contributed by atoms with Crippen molar-refractivity contribution in [2.45, 2.75) is 19.2 Å². The van der Waals surface area contributed by atoms with E-state index in [1.807, 2.05) is 18.2 Å². The van der Waals surface area contributed by atoms with Gasteiger partial charge in [0.25, 0.3) is 5.91 Å². The zero-order valence-corrected chi connectivity index (χ0v) is 15.4. The lowest BCUT2D eigenvalue weighted by atomic mass is 9.98. The summed E-state index contributed by atoms with van der Waals surface area (Å²) in [5.74, 6) is -0.124. The first-order valence-electron chi connectivity index (χ1n) is 8.92. The van der Waals surface area contributed by atoms with E-state index in [2.05, 4.69) is 54.6 Å². The smallest absolute Gasteiger partial charge is 0.251 e. The largest absolute Gasteiger partial charge is 0.376 e. The van der Waals surface area contributed by atoms with Crippen molar-refractivity contribution in [2.75, 3.05) is 33.9 Å². The van der Waals surface area contributed by atoms with E-state index in [0.717, 1.165) is 23.2 Å². The third kappa shape index (κ3) is 4.91. The van der Waals surface area contributed by atoms with Crippen molar-refractivity contribution in [1.82, 2.24) is 10.2 Å². The van der Waals surface area contributed by atoms with Crippen LogP contribution < -0.4 is 5.32 Å². The number of hydrogen-bond acceptors (Lipinski definition) is 4. The zero-order chi connectivity index (χ0) is 18.4. The second-order valence-corrected chi connectivity index (χ2v) is 6.74. The van der Waals surface area contributed by atoms with Crippen LogP contribution in [0.25, 0.3) is 11.1 Å². The fraction of sp³-hybridized carbons (Fsp3) is 0.381. The van der Waals surface area contributed by atoms with E-state index < -0.39 is 6.10 Å². The van der Waals surface area contributed by atoms with Crippen molar-refractivity contribution in [1.29, 1.82) is 0 Å². The third-order valence-corrected chi connectivity index (χ3v) is 4.34. The Kier molecular flexibility index (Phi) is 6.39. The number of ether oxygens (including phenoxy) is 2. The van der Waals surface area contributed by atoms with E-state index in [0.29, 0.717) is 26.4 Å². The highest BCUT2D eigenvalue weighted by atomic mass is 16.6. The van der Waals surface area contributed by atoms with Crippen LogP contribution in [-0.4, -0.2) is 50.8 Å². The van der Waals surface area contributed by atoms with Crippen LogP contribution in [0.15, 0.2) is 48.5 Å². The minimum atomic E-state index is -0.513. The minimum absolute atomic E-state index is 0.124. The van der Waals surface area contributed by atoms with Crippen LogP contribution in [0.3, 0.4) is 0 Å². The molecule has 1 atom stereocenters. The van der Waals surface area contributed by atoms with Gasteiger partial charge in [0.2, 0.25) is 0 Å². The molecule has 5 nitrogen and oxygen atoms in total. The van der Waals surface area contributed by atoms with Crippen LogP contribution in [0.1, 0.15) is 11.1 Å². The summed E-state index contributed by atoms with van der Waals surface area (Å²) in [6, 6.07) is 16.7. The molecule has 1 heterocycles. The first-order chi connectivity index (χ1) is 12.6. The fourth-order valence-corrected chi connectivity index (χ4v) is 3.05. The summed E-state index contributed by atoms with van der Waals surface area (Å²) in [5.41, 5.74) is 4.64. The summed E-state index contributed by atoms with van der Waals surface area (Å²) in [6.45, 7) is 2.72. The average molecular weight is 354 g/mol. The van der Waals surface area contributed by atoms with Gasteiger partial charge in [0.1, 0.15) is 0 Å². The number of rotatable bonds is 6. The van der Waals surface area contributed by atoms with Crippen molar-refractivity contribution in [3.63, 3.8) is 0 Å². The van der Waals surface area contributed by atoms with Crippen LogP contribution in [0.4, 0.5) is 0 Å². The molecule has 0 aliphatic carbocycles. The van der Waals surface area contributed by atoms with Crippen molar-refractivity contribution in [3.8, 4) is 11.1 Å². The SMILES string of the molecule is CN(C)Cc1ccc(-c2ccccc2CNC(=O)[C@@H]2COCCO2)cc1. The first-order valence-corrected chi connectivity index (χ1v) is 8.92. The number of nitrogens with zero attached hydrogens (tertiary/aromatic N) is 1. The molecule has 26 heavy (non-hydrogen) atoms. The molecule has 1 N–H and O–H groups in total. The molecule has 0 bridgehead atoms. The van der Waals surface area contributed by atoms with Crippen molar-refractivity contribution >= 4 is 5.91 Å². The van der Waals surface area contributed by atoms with Gasteiger partial charge in [0, 0.05) is 13.1 Å². The van der Waals surface area contributed by atoms with Gasteiger partial charge in [-0.05, 0) is 36.3 Å². The monoisotopic (exact) mass is 354 g/mol. The van der Waals surface area contributed by atoms with Gasteiger partial charge in [-0.3, -0.25) is 4.79 Å². The Balaban J connectivity index is 1.68. The number of nitrogens with one attached hydrogen (secondary N) is 1. The number of amides is 1. The van der Waals surface area contributed by atoms with E-state index in [4.69, 9.17) is 9.47 Å². The van der Waals surface area contributed by atoms with Crippen LogP contribution in [0, 0.1) is 0 Å². The Morgan fingerprint density at radius 2 is 1.88 bits per heavy atom.